The van der Waals surface area contributed by atoms with Crippen LogP contribution in [-0.4, -0.2) is 86.9 Å². The summed E-state index contributed by atoms with van der Waals surface area (Å²) in [5, 5.41) is 33.5. The smallest absolute Gasteiger partial charge is 0.328 e. The average Bonchev–Trinajstić information content (AvgIpc) is 2.61. The second-order valence-corrected chi connectivity index (χ2v) is 6.61. The fraction of sp³-hybridized carbons (Fsp3) is 0.600. The monoisotopic (exact) mass is 451 g/mol. The molecule has 170 valence electrons. The Hall–Kier alpha value is -2.91. The van der Waals surface area contributed by atoms with E-state index >= 15 is 0 Å². The number of hydrogen-bond acceptors (Lipinski definition) is 9. The van der Waals surface area contributed by atoms with Crippen LogP contribution in [0.3, 0.4) is 0 Å². The molecule has 0 heterocycles. The van der Waals surface area contributed by atoms with E-state index in [4.69, 9.17) is 21.7 Å². The van der Waals surface area contributed by atoms with E-state index in [0.717, 1.165) is 6.92 Å². The van der Waals surface area contributed by atoms with Gasteiger partial charge in [0.05, 0.1) is 25.0 Å². The summed E-state index contributed by atoms with van der Waals surface area (Å²) in [6.45, 7) is 1.13. The number of nitrogens with two attached hydrogens (primary N) is 2. The Morgan fingerprint density at radius 1 is 0.900 bits per heavy atom. The molecule has 0 aromatic carbocycles. The molecule has 5 atom stereocenters. The number of hydrogen-bond donors (Lipinski definition) is 9. The highest BCUT2D eigenvalue weighted by Gasteiger charge is 2.32. The number of thiol groups is 1. The number of carbonyl (C=O) groups is 6. The molecule has 0 aliphatic carbocycles. The molecule has 30 heavy (non-hydrogen) atoms. The highest BCUT2D eigenvalue weighted by Crippen LogP contribution is 2.00. The third-order valence-electron chi connectivity index (χ3n) is 3.63. The molecular weight excluding hydrogens is 426 g/mol. The summed E-state index contributed by atoms with van der Waals surface area (Å²) in [6, 6.07) is -6.19. The second kappa shape index (κ2) is 12.6. The van der Waals surface area contributed by atoms with Crippen LogP contribution in [0.5, 0.6) is 0 Å². The van der Waals surface area contributed by atoms with E-state index in [-0.39, 0.29) is 5.75 Å². The first-order valence-corrected chi connectivity index (χ1v) is 9.11. The largest absolute Gasteiger partial charge is 0.481 e. The molecule has 0 bridgehead atoms. The van der Waals surface area contributed by atoms with E-state index in [2.05, 4.69) is 17.9 Å². The van der Waals surface area contributed by atoms with Gasteiger partial charge in [0.1, 0.15) is 12.1 Å². The Morgan fingerprint density at radius 2 is 1.40 bits per heavy atom. The van der Waals surface area contributed by atoms with Gasteiger partial charge in [-0.25, -0.2) is 4.79 Å². The fourth-order valence-electron chi connectivity index (χ4n) is 2.08. The number of rotatable bonds is 13. The van der Waals surface area contributed by atoms with Gasteiger partial charge in [-0.3, -0.25) is 24.0 Å². The standard InChI is InChI=1S/C15H25N5O9S/c1-5(21)11(15(28)29)20-14(27)8(4-30)19-13(26)7(3-10(23)24)18-12(25)6(16)2-9(17)22/h5-8,11,21,30H,2-4,16H2,1H3,(H2,17,22)(H,18,25)(H,19,26)(H,20,27)(H,23,24)(H,28,29). The van der Waals surface area contributed by atoms with Crippen LogP contribution in [0.2, 0.25) is 0 Å². The van der Waals surface area contributed by atoms with Gasteiger partial charge in [0.25, 0.3) is 0 Å². The molecule has 0 saturated heterocycles. The fourth-order valence-corrected chi connectivity index (χ4v) is 2.34. The number of aliphatic hydroxyl groups excluding tert-OH is 1. The molecule has 10 N–H and O–H groups in total. The molecule has 14 nitrogen and oxygen atoms in total. The number of carboxylic acid groups (broad SMARTS) is 2. The van der Waals surface area contributed by atoms with Gasteiger partial charge in [-0.05, 0) is 6.92 Å². The van der Waals surface area contributed by atoms with Crippen LogP contribution in [0.15, 0.2) is 0 Å². The number of carboxylic acids is 2. The van der Waals surface area contributed by atoms with Crippen LogP contribution >= 0.6 is 12.6 Å². The van der Waals surface area contributed by atoms with Crippen LogP contribution in [-0.2, 0) is 28.8 Å². The molecule has 0 aromatic rings. The maximum atomic E-state index is 12.4. The van der Waals surface area contributed by atoms with Crippen LogP contribution in [0.4, 0.5) is 0 Å². The van der Waals surface area contributed by atoms with Crippen molar-refractivity contribution in [3.63, 3.8) is 0 Å². The number of amides is 4. The molecule has 15 heteroatoms. The molecule has 5 unspecified atom stereocenters. The molecule has 0 saturated carbocycles. The highest BCUT2D eigenvalue weighted by atomic mass is 32.1. The lowest BCUT2D eigenvalue weighted by atomic mass is 10.1. The van der Waals surface area contributed by atoms with Crippen molar-refractivity contribution in [1.82, 2.24) is 16.0 Å². The Bertz CT molecular complexity index is 687. The zero-order valence-electron chi connectivity index (χ0n) is 15.9. The number of nitrogens with one attached hydrogen (secondary N) is 3. The van der Waals surface area contributed by atoms with Crippen molar-refractivity contribution in [3.05, 3.63) is 0 Å². The van der Waals surface area contributed by atoms with Gasteiger partial charge in [-0.1, -0.05) is 0 Å². The van der Waals surface area contributed by atoms with Gasteiger partial charge in [-0.15, -0.1) is 0 Å². The summed E-state index contributed by atoms with van der Waals surface area (Å²) >= 11 is 3.87. The van der Waals surface area contributed by atoms with Crippen molar-refractivity contribution in [2.24, 2.45) is 11.5 Å². The number of primary amides is 1. The minimum atomic E-state index is -1.67. The molecular formula is C15H25N5O9S. The summed E-state index contributed by atoms with van der Waals surface area (Å²) in [6.07, 6.45) is -2.88. The van der Waals surface area contributed by atoms with Crippen LogP contribution in [0, 0.1) is 0 Å². The Kier molecular flexibility index (Phi) is 11.4. The molecule has 0 fully saturated rings. The van der Waals surface area contributed by atoms with E-state index in [1.165, 1.54) is 0 Å². The SMILES string of the molecule is CC(O)C(NC(=O)C(CS)NC(=O)C(CC(=O)O)NC(=O)C(N)CC(N)=O)C(=O)O. The summed E-state index contributed by atoms with van der Waals surface area (Å²) < 4.78 is 0. The minimum absolute atomic E-state index is 0.321. The molecule has 4 amide bonds. The van der Waals surface area contributed by atoms with Crippen molar-refractivity contribution in [2.75, 3.05) is 5.75 Å². The maximum absolute atomic E-state index is 12.4. The van der Waals surface area contributed by atoms with Gasteiger partial charge in [0.2, 0.25) is 23.6 Å². The normalized spacial score (nSPS) is 15.6. The third-order valence-corrected chi connectivity index (χ3v) is 4.00. The van der Waals surface area contributed by atoms with E-state index in [0.29, 0.717) is 0 Å². The van der Waals surface area contributed by atoms with E-state index in [9.17, 15) is 33.9 Å². The first-order chi connectivity index (χ1) is 13.8. The lowest BCUT2D eigenvalue weighted by molar-refractivity contribution is -0.145. The maximum Gasteiger partial charge on any atom is 0.328 e. The van der Waals surface area contributed by atoms with Gasteiger partial charge in [0.15, 0.2) is 6.04 Å². The van der Waals surface area contributed by atoms with Crippen LogP contribution in [0.25, 0.3) is 0 Å². The molecule has 0 aromatic heterocycles. The Morgan fingerprint density at radius 3 is 1.80 bits per heavy atom. The molecule has 0 aliphatic heterocycles. The van der Waals surface area contributed by atoms with Crippen molar-refractivity contribution < 1.29 is 44.1 Å². The molecule has 0 rings (SSSR count). The summed E-state index contributed by atoms with van der Waals surface area (Å²) in [5.41, 5.74) is 10.4. The zero-order chi connectivity index (χ0) is 23.6. The van der Waals surface area contributed by atoms with Crippen molar-refractivity contribution in [3.8, 4) is 0 Å². The number of carbonyl (C=O) groups excluding carboxylic acids is 4. The third kappa shape index (κ3) is 9.53. The second-order valence-electron chi connectivity index (χ2n) is 6.24. The first kappa shape index (κ1) is 27.1. The molecule has 0 spiro atoms. The topological polar surface area (TPSA) is 251 Å². The predicted octanol–water partition coefficient (Wildman–Crippen LogP) is -4.49. The van der Waals surface area contributed by atoms with Gasteiger partial charge in [-0.2, -0.15) is 12.6 Å². The highest BCUT2D eigenvalue weighted by molar-refractivity contribution is 7.80. The Labute approximate surface area is 176 Å². The molecule has 0 aliphatic rings. The average molecular weight is 451 g/mol. The lowest BCUT2D eigenvalue weighted by Crippen LogP contribution is -2.59. The summed E-state index contributed by atoms with van der Waals surface area (Å²) in [4.78, 5) is 69.4. The zero-order valence-corrected chi connectivity index (χ0v) is 16.8. The quantitative estimate of drug-likeness (QED) is 0.121. The van der Waals surface area contributed by atoms with Crippen molar-refractivity contribution in [2.45, 2.75) is 50.0 Å². The van der Waals surface area contributed by atoms with E-state index in [1.54, 1.807) is 0 Å². The van der Waals surface area contributed by atoms with Gasteiger partial charge in [0, 0.05) is 5.75 Å². The Balaban J connectivity index is 5.27. The van der Waals surface area contributed by atoms with Gasteiger partial charge >= 0.3 is 11.9 Å². The minimum Gasteiger partial charge on any atom is -0.481 e. The van der Waals surface area contributed by atoms with Crippen molar-refractivity contribution in [1.29, 1.82) is 0 Å². The number of aliphatic hydroxyl groups is 1. The van der Waals surface area contributed by atoms with E-state index in [1.807, 2.05) is 10.6 Å². The number of aliphatic carboxylic acids is 2. The summed E-state index contributed by atoms with van der Waals surface area (Å²) in [7, 11) is 0. The van der Waals surface area contributed by atoms with Gasteiger partial charge < -0.3 is 42.7 Å². The summed E-state index contributed by atoms with van der Waals surface area (Å²) in [5.74, 6) is -7.35. The predicted molar refractivity (Wildman–Crippen MR) is 103 cm³/mol. The molecule has 0 radical (unpaired) electrons. The van der Waals surface area contributed by atoms with Crippen LogP contribution < -0.4 is 27.4 Å². The van der Waals surface area contributed by atoms with E-state index < -0.39 is 78.7 Å². The van der Waals surface area contributed by atoms with Crippen LogP contribution in [0.1, 0.15) is 19.8 Å². The van der Waals surface area contributed by atoms with Crippen molar-refractivity contribution >= 4 is 48.2 Å². The first-order valence-electron chi connectivity index (χ1n) is 8.48. The lowest BCUT2D eigenvalue weighted by Gasteiger charge is -2.24.